The molecule has 0 unspecified atom stereocenters. The van der Waals surface area contributed by atoms with E-state index in [1.165, 1.54) is 86.0 Å². The second-order valence-electron chi connectivity index (χ2n) is 22.3. The fraction of sp³-hybridized carbons (Fsp3) is 0. The van der Waals surface area contributed by atoms with E-state index in [4.69, 9.17) is 13.6 Å². The van der Waals surface area contributed by atoms with E-state index in [1.807, 2.05) is 0 Å². The van der Waals surface area contributed by atoms with Gasteiger partial charge in [0.15, 0.2) is 0 Å². The second kappa shape index (κ2) is 16.8. The summed E-state index contributed by atoms with van der Waals surface area (Å²) >= 11 is -0.0831. The van der Waals surface area contributed by atoms with Gasteiger partial charge < -0.3 is 0 Å². The first-order valence-corrected chi connectivity index (χ1v) is 29.8. The van der Waals surface area contributed by atoms with Crippen molar-refractivity contribution in [3.8, 4) is 33.8 Å². The van der Waals surface area contributed by atoms with E-state index in [9.17, 15) is 0 Å². The van der Waals surface area contributed by atoms with Crippen molar-refractivity contribution in [2.75, 3.05) is 9.80 Å². The SMILES string of the molecule is c1ccc(N2c3ccccc3B3c4cc5c(cc4N(c4ccccc4)c4cc(-c6ccc7oc8cc9ccccc9cc8c7c6)cc2c43)[Se]c2cc(-c3ccc4oc6cc7ccccc7cc6c4c3)cc3c2B5c2ccccc2O3)cc1. The van der Waals surface area contributed by atoms with E-state index in [2.05, 4.69) is 265 Å². The Balaban J connectivity index is 0.838. The maximum atomic E-state index is 7.07. The number of rotatable bonds is 4. The molecule has 13 aromatic carbocycles. The molecular weight excluding hydrogens is 1070 g/mol. The van der Waals surface area contributed by atoms with Crippen LogP contribution >= 0.6 is 0 Å². The van der Waals surface area contributed by atoms with Crippen LogP contribution in [-0.2, 0) is 0 Å². The standard InChI is InChI=1S/C74H42B2N2O3Se/c1-3-19-51(20-4-1)77-61-25-13-11-23-57(61)75-59-41-60-71(82-72-40-50(39-70-74(72)76(60)58-24-12-14-26-67(58)81-70)48-28-30-66-54(34-48)56-32-44-16-8-10-18-46(44)38-69(56)80-66)42-62(59)78(52-21-5-2-6-22-52)64-36-49(35-63(77)73(64)75)47-27-29-65-53(33-47)55-31-43-15-7-9-17-45(43)37-68(55)79-65/h1-42H. The summed E-state index contributed by atoms with van der Waals surface area (Å²) in [6.45, 7) is -0.0877. The van der Waals surface area contributed by atoms with Gasteiger partial charge in [0.25, 0.3) is 0 Å². The molecule has 4 aliphatic heterocycles. The van der Waals surface area contributed by atoms with Gasteiger partial charge in [0.1, 0.15) is 0 Å². The molecule has 0 N–H and O–H groups in total. The number of hydrogen-bond donors (Lipinski definition) is 0. The zero-order chi connectivity index (χ0) is 53.3. The molecule has 5 nitrogen and oxygen atoms in total. The Hall–Kier alpha value is -9.97. The summed E-state index contributed by atoms with van der Waals surface area (Å²) < 4.78 is 22.9. The molecule has 0 atom stereocenters. The van der Waals surface area contributed by atoms with Crippen LogP contribution in [0.25, 0.3) is 87.7 Å². The van der Waals surface area contributed by atoms with E-state index in [0.717, 1.165) is 89.0 Å². The molecule has 0 amide bonds. The fourth-order valence-electron chi connectivity index (χ4n) is 14.2. The van der Waals surface area contributed by atoms with Crippen molar-refractivity contribution in [1.29, 1.82) is 0 Å². The molecule has 0 saturated carbocycles. The van der Waals surface area contributed by atoms with Crippen LogP contribution in [0.15, 0.2) is 264 Å². The van der Waals surface area contributed by atoms with Crippen molar-refractivity contribution in [2.24, 2.45) is 0 Å². The first-order chi connectivity index (χ1) is 40.6. The number of fused-ring (bicyclic) bond motifs is 16. The minimum absolute atomic E-state index is 0.0199. The van der Waals surface area contributed by atoms with E-state index in [0.29, 0.717) is 0 Å². The van der Waals surface area contributed by atoms with Crippen molar-refractivity contribution in [3.05, 3.63) is 255 Å². The molecule has 2 aromatic heterocycles. The monoisotopic (exact) mass is 1110 g/mol. The Bertz CT molecular complexity index is 5290. The number of furan rings is 2. The summed E-state index contributed by atoms with van der Waals surface area (Å²) in [6.07, 6.45) is 0. The van der Waals surface area contributed by atoms with Crippen molar-refractivity contribution in [3.63, 3.8) is 0 Å². The molecule has 0 bridgehead atoms. The van der Waals surface area contributed by atoms with E-state index in [1.54, 1.807) is 0 Å². The number of hydrogen-bond acceptors (Lipinski definition) is 5. The van der Waals surface area contributed by atoms with Gasteiger partial charge in [-0.25, -0.2) is 0 Å². The third-order valence-electron chi connectivity index (χ3n) is 17.9. The average Bonchev–Trinajstić information content (AvgIpc) is 1.28. The molecule has 19 rings (SSSR count). The van der Waals surface area contributed by atoms with Gasteiger partial charge in [-0.3, -0.25) is 0 Å². The molecule has 82 heavy (non-hydrogen) atoms. The summed E-state index contributed by atoms with van der Waals surface area (Å²) in [5, 5.41) is 9.22. The quantitative estimate of drug-likeness (QED) is 0.164. The number of para-hydroxylation sites is 4. The van der Waals surface area contributed by atoms with Gasteiger partial charge in [0.2, 0.25) is 0 Å². The van der Waals surface area contributed by atoms with E-state index in [-0.39, 0.29) is 28.4 Å². The predicted octanol–water partition coefficient (Wildman–Crippen LogP) is 13.8. The maximum absolute atomic E-state index is 7.07. The zero-order valence-electron chi connectivity index (χ0n) is 43.9. The van der Waals surface area contributed by atoms with Crippen LogP contribution in [0.5, 0.6) is 11.5 Å². The molecule has 0 aliphatic carbocycles. The van der Waals surface area contributed by atoms with Crippen LogP contribution in [0.1, 0.15) is 0 Å². The summed E-state index contributed by atoms with van der Waals surface area (Å²) in [6, 6.07) is 94.0. The van der Waals surface area contributed by atoms with Gasteiger partial charge in [0, 0.05) is 0 Å². The number of benzene rings is 13. The molecular formula is C74H42B2N2O3Se. The third-order valence-corrected chi connectivity index (χ3v) is 20.2. The van der Waals surface area contributed by atoms with E-state index < -0.39 is 0 Å². The second-order valence-corrected chi connectivity index (χ2v) is 24.6. The third kappa shape index (κ3) is 6.42. The van der Waals surface area contributed by atoms with Gasteiger partial charge in [-0.2, -0.15) is 0 Å². The average molecular weight is 1110 g/mol. The number of anilines is 6. The Morgan fingerprint density at radius 1 is 0.293 bits per heavy atom. The van der Waals surface area contributed by atoms with Gasteiger partial charge in [-0.1, -0.05) is 24.3 Å². The normalized spacial score (nSPS) is 13.6. The van der Waals surface area contributed by atoms with Gasteiger partial charge in [-0.05, 0) is 16.8 Å². The Morgan fingerprint density at radius 2 is 0.805 bits per heavy atom. The molecule has 4 aliphatic rings. The van der Waals surface area contributed by atoms with Crippen molar-refractivity contribution in [1.82, 2.24) is 0 Å². The molecule has 15 aromatic rings. The van der Waals surface area contributed by atoms with Crippen molar-refractivity contribution in [2.45, 2.75) is 0 Å². The van der Waals surface area contributed by atoms with Crippen LogP contribution in [0.2, 0.25) is 0 Å². The van der Waals surface area contributed by atoms with Crippen LogP contribution in [0, 0.1) is 0 Å². The molecule has 0 spiro atoms. The Morgan fingerprint density at radius 3 is 1.44 bits per heavy atom. The molecule has 0 fully saturated rings. The van der Waals surface area contributed by atoms with Crippen LogP contribution in [0.3, 0.4) is 0 Å². The fourth-order valence-corrected chi connectivity index (χ4v) is 16.8. The summed E-state index contributed by atoms with van der Waals surface area (Å²) in [5.74, 6) is 1.85. The molecule has 6 heterocycles. The Labute approximate surface area is 478 Å². The molecule has 8 heteroatoms. The van der Waals surface area contributed by atoms with Crippen LogP contribution < -0.4 is 56.2 Å². The molecule has 0 saturated heterocycles. The van der Waals surface area contributed by atoms with Crippen LogP contribution in [-0.4, -0.2) is 28.4 Å². The van der Waals surface area contributed by atoms with Gasteiger partial charge in [0.05, 0.1) is 0 Å². The van der Waals surface area contributed by atoms with Crippen molar-refractivity contribution >= 4 is 170 Å². The van der Waals surface area contributed by atoms with E-state index >= 15 is 0 Å². The Kier molecular flexibility index (Phi) is 9.18. The topological polar surface area (TPSA) is 42.0 Å². The molecule has 378 valence electrons. The van der Waals surface area contributed by atoms with Gasteiger partial charge in [-0.15, -0.1) is 0 Å². The summed E-state index contributed by atoms with van der Waals surface area (Å²) in [4.78, 5) is 5.08. The molecule has 0 radical (unpaired) electrons. The first kappa shape index (κ1) is 44.8. The number of nitrogens with zero attached hydrogens (tertiary/aromatic N) is 2. The summed E-state index contributed by atoms with van der Waals surface area (Å²) in [5.41, 5.74) is 22.8. The minimum atomic E-state index is -0.0831. The zero-order valence-corrected chi connectivity index (χ0v) is 45.6. The van der Waals surface area contributed by atoms with Crippen molar-refractivity contribution < 1.29 is 13.6 Å². The first-order valence-electron chi connectivity index (χ1n) is 28.1. The summed E-state index contributed by atoms with van der Waals surface area (Å²) in [7, 11) is 0. The number of ether oxygens (including phenoxy) is 1. The predicted molar refractivity (Wildman–Crippen MR) is 344 cm³/mol. The van der Waals surface area contributed by atoms with Crippen LogP contribution in [0.4, 0.5) is 34.1 Å². The van der Waals surface area contributed by atoms with Gasteiger partial charge >= 0.3 is 440 Å².